The second-order valence-electron chi connectivity index (χ2n) is 7.03. The van der Waals surface area contributed by atoms with Crippen molar-refractivity contribution in [2.45, 2.75) is 39.2 Å². The highest BCUT2D eigenvalue weighted by molar-refractivity contribution is 5.88. The second kappa shape index (κ2) is 5.68. The molecule has 1 fully saturated rings. The van der Waals surface area contributed by atoms with Gasteiger partial charge in [0.25, 0.3) is 0 Å². The van der Waals surface area contributed by atoms with Crippen LogP contribution in [0.15, 0.2) is 29.0 Å². The maximum Gasteiger partial charge on any atom is 0.139 e. The quantitative estimate of drug-likeness (QED) is 0.939. The van der Waals surface area contributed by atoms with E-state index >= 15 is 0 Å². The van der Waals surface area contributed by atoms with Crippen LogP contribution in [0.25, 0.3) is 11.0 Å². The molecule has 0 saturated carbocycles. The molecule has 0 bridgehead atoms. The lowest BCUT2D eigenvalue weighted by atomic mass is 9.95. The van der Waals surface area contributed by atoms with Crippen LogP contribution < -0.4 is 10.2 Å². The minimum atomic E-state index is 0.209. The van der Waals surface area contributed by atoms with Crippen LogP contribution in [-0.4, -0.2) is 30.2 Å². The molecule has 1 saturated heterocycles. The molecule has 4 heteroatoms. The fourth-order valence-corrected chi connectivity index (χ4v) is 2.93. The number of aromatic nitrogens is 1. The number of anilines is 1. The Morgan fingerprint density at radius 2 is 2.05 bits per heavy atom. The second-order valence-corrected chi connectivity index (χ2v) is 7.03. The van der Waals surface area contributed by atoms with E-state index in [1.807, 2.05) is 18.3 Å². The Labute approximate surface area is 126 Å². The summed E-state index contributed by atoms with van der Waals surface area (Å²) in [7, 11) is 0. The number of fused-ring (bicyclic) bond motifs is 1. The van der Waals surface area contributed by atoms with Gasteiger partial charge >= 0.3 is 0 Å². The molecule has 1 N–H and O–H groups in total. The van der Waals surface area contributed by atoms with Crippen LogP contribution in [0.3, 0.4) is 0 Å². The van der Waals surface area contributed by atoms with Gasteiger partial charge in [-0.2, -0.15) is 0 Å². The monoisotopic (exact) mass is 287 g/mol. The zero-order valence-corrected chi connectivity index (χ0v) is 13.2. The highest BCUT2D eigenvalue weighted by Crippen LogP contribution is 2.28. The molecule has 2 aromatic rings. The van der Waals surface area contributed by atoms with Crippen LogP contribution in [0, 0.1) is 5.92 Å². The van der Waals surface area contributed by atoms with Gasteiger partial charge in [0.05, 0.1) is 11.6 Å². The first-order chi connectivity index (χ1) is 10.0. The smallest absolute Gasteiger partial charge is 0.139 e. The molecule has 0 aliphatic carbocycles. The van der Waals surface area contributed by atoms with Gasteiger partial charge < -0.3 is 14.6 Å². The van der Waals surface area contributed by atoms with Crippen molar-refractivity contribution >= 4 is 16.8 Å². The number of piperidine rings is 1. The van der Waals surface area contributed by atoms with E-state index in [1.165, 1.54) is 12.8 Å². The summed E-state index contributed by atoms with van der Waals surface area (Å²) in [5.74, 6) is 1.84. The number of hydrogen-bond donors (Lipinski definition) is 1. The lowest BCUT2D eigenvalue weighted by Gasteiger charge is -2.34. The van der Waals surface area contributed by atoms with Crippen LogP contribution in [0.2, 0.25) is 0 Å². The highest BCUT2D eigenvalue weighted by Gasteiger charge is 2.23. The van der Waals surface area contributed by atoms with Crippen LogP contribution in [0.5, 0.6) is 0 Å². The predicted octanol–water partition coefficient (Wildman–Crippen LogP) is 3.43. The Bertz CT molecular complexity index is 591. The van der Waals surface area contributed by atoms with Gasteiger partial charge in [-0.25, -0.2) is 4.98 Å². The first-order valence-corrected chi connectivity index (χ1v) is 7.85. The van der Waals surface area contributed by atoms with Crippen molar-refractivity contribution in [2.24, 2.45) is 5.92 Å². The van der Waals surface area contributed by atoms with E-state index in [2.05, 4.69) is 36.0 Å². The van der Waals surface area contributed by atoms with E-state index in [1.54, 1.807) is 6.26 Å². The van der Waals surface area contributed by atoms with Crippen LogP contribution in [-0.2, 0) is 0 Å². The minimum Gasteiger partial charge on any atom is -0.464 e. The van der Waals surface area contributed by atoms with Gasteiger partial charge in [0.15, 0.2) is 0 Å². The normalized spacial score (nSPS) is 17.6. The largest absolute Gasteiger partial charge is 0.464 e. The summed E-state index contributed by atoms with van der Waals surface area (Å²) >= 11 is 0. The van der Waals surface area contributed by atoms with Crippen LogP contribution in [0.4, 0.5) is 5.82 Å². The average molecular weight is 287 g/mol. The van der Waals surface area contributed by atoms with Crippen molar-refractivity contribution < 1.29 is 4.42 Å². The Hall–Kier alpha value is -1.55. The van der Waals surface area contributed by atoms with E-state index in [4.69, 9.17) is 4.42 Å². The summed E-state index contributed by atoms with van der Waals surface area (Å²) < 4.78 is 5.47. The summed E-state index contributed by atoms with van der Waals surface area (Å²) in [6, 6.07) is 3.95. The maximum atomic E-state index is 5.47. The van der Waals surface area contributed by atoms with E-state index in [9.17, 15) is 0 Å². The topological polar surface area (TPSA) is 41.3 Å². The molecule has 4 nitrogen and oxygen atoms in total. The molecular formula is C17H25N3O. The van der Waals surface area contributed by atoms with Gasteiger partial charge in [0, 0.05) is 24.8 Å². The summed E-state index contributed by atoms with van der Waals surface area (Å²) in [5.41, 5.74) is 1.14. The molecule has 0 amide bonds. The summed E-state index contributed by atoms with van der Waals surface area (Å²) in [5, 5.41) is 4.75. The number of rotatable bonds is 3. The van der Waals surface area contributed by atoms with Gasteiger partial charge in [-0.3, -0.25) is 0 Å². The number of nitrogens with zero attached hydrogens (tertiary/aromatic N) is 2. The lowest BCUT2D eigenvalue weighted by Crippen LogP contribution is -2.43. The molecule has 0 aromatic carbocycles. The van der Waals surface area contributed by atoms with Crippen molar-refractivity contribution in [2.75, 3.05) is 24.5 Å². The first kappa shape index (κ1) is 14.4. The van der Waals surface area contributed by atoms with Gasteiger partial charge in [0.2, 0.25) is 0 Å². The summed E-state index contributed by atoms with van der Waals surface area (Å²) in [6.07, 6.45) is 6.03. The van der Waals surface area contributed by atoms with Crippen molar-refractivity contribution in [1.29, 1.82) is 0 Å². The molecule has 3 heterocycles. The van der Waals surface area contributed by atoms with Crippen molar-refractivity contribution in [3.05, 3.63) is 24.6 Å². The minimum absolute atomic E-state index is 0.209. The zero-order valence-electron chi connectivity index (χ0n) is 13.2. The Morgan fingerprint density at radius 1 is 1.29 bits per heavy atom. The summed E-state index contributed by atoms with van der Waals surface area (Å²) in [6.45, 7) is 9.95. The Kier molecular flexibility index (Phi) is 3.89. The van der Waals surface area contributed by atoms with Gasteiger partial charge in [-0.05, 0) is 58.2 Å². The molecule has 2 aromatic heterocycles. The van der Waals surface area contributed by atoms with Crippen molar-refractivity contribution in [3.63, 3.8) is 0 Å². The molecule has 0 atom stereocenters. The average Bonchev–Trinajstić information content (AvgIpc) is 2.93. The molecule has 3 rings (SSSR count). The Balaban J connectivity index is 1.62. The number of pyridine rings is 1. The third kappa shape index (κ3) is 3.38. The third-order valence-corrected chi connectivity index (χ3v) is 4.19. The Morgan fingerprint density at radius 3 is 2.76 bits per heavy atom. The fourth-order valence-electron chi connectivity index (χ4n) is 2.93. The standard InChI is InChI=1S/C17H25N3O/c1-17(2,3)19-12-13-5-9-20(10-6-13)16-14-7-11-21-15(14)4-8-18-16/h4,7-8,11,13,19H,5-6,9-10,12H2,1-3H3. The number of hydrogen-bond acceptors (Lipinski definition) is 4. The molecule has 0 radical (unpaired) electrons. The number of furan rings is 1. The molecule has 0 unspecified atom stereocenters. The van der Waals surface area contributed by atoms with Crippen molar-refractivity contribution in [1.82, 2.24) is 10.3 Å². The van der Waals surface area contributed by atoms with E-state index in [0.717, 1.165) is 42.3 Å². The van der Waals surface area contributed by atoms with Gasteiger partial charge in [-0.1, -0.05) is 0 Å². The summed E-state index contributed by atoms with van der Waals surface area (Å²) in [4.78, 5) is 6.96. The third-order valence-electron chi connectivity index (χ3n) is 4.19. The van der Waals surface area contributed by atoms with Crippen LogP contribution >= 0.6 is 0 Å². The molecule has 0 spiro atoms. The van der Waals surface area contributed by atoms with E-state index in [0.29, 0.717) is 0 Å². The predicted molar refractivity (Wildman–Crippen MR) is 86.7 cm³/mol. The van der Waals surface area contributed by atoms with Gasteiger partial charge in [-0.15, -0.1) is 0 Å². The molecule has 114 valence electrons. The highest BCUT2D eigenvalue weighted by atomic mass is 16.3. The van der Waals surface area contributed by atoms with Crippen molar-refractivity contribution in [3.8, 4) is 0 Å². The van der Waals surface area contributed by atoms with Gasteiger partial charge in [0.1, 0.15) is 11.4 Å². The molecule has 1 aliphatic heterocycles. The fraction of sp³-hybridized carbons (Fsp3) is 0.588. The number of nitrogens with one attached hydrogen (secondary N) is 1. The lowest BCUT2D eigenvalue weighted by molar-refractivity contribution is 0.328. The van der Waals surface area contributed by atoms with Crippen LogP contribution in [0.1, 0.15) is 33.6 Å². The van der Waals surface area contributed by atoms with E-state index < -0.39 is 0 Å². The molecule has 21 heavy (non-hydrogen) atoms. The maximum absolute atomic E-state index is 5.47. The SMILES string of the molecule is CC(C)(C)NCC1CCN(c2nccc3occc23)CC1. The van der Waals surface area contributed by atoms with E-state index in [-0.39, 0.29) is 5.54 Å². The first-order valence-electron chi connectivity index (χ1n) is 7.85. The zero-order chi connectivity index (χ0) is 14.9. The molecular weight excluding hydrogens is 262 g/mol. The molecule has 1 aliphatic rings.